The Kier molecular flexibility index (Phi) is 4.94. The number of aryl methyl sites for hydroxylation is 2. The average Bonchev–Trinajstić information content (AvgIpc) is 2.97. The van der Waals surface area contributed by atoms with E-state index in [1.54, 1.807) is 35.6 Å². The van der Waals surface area contributed by atoms with Crippen molar-refractivity contribution in [2.45, 2.75) is 39.5 Å². The summed E-state index contributed by atoms with van der Waals surface area (Å²) in [5, 5.41) is 6.34. The largest absolute Gasteiger partial charge is 0.326 e. The van der Waals surface area contributed by atoms with Crippen LogP contribution in [0.4, 0.5) is 10.8 Å². The summed E-state index contributed by atoms with van der Waals surface area (Å²) < 4.78 is 0. The Morgan fingerprint density at radius 1 is 1.17 bits per heavy atom. The lowest BCUT2D eigenvalue weighted by Gasteiger charge is -2.09. The van der Waals surface area contributed by atoms with E-state index in [9.17, 15) is 9.59 Å². The monoisotopic (exact) mass is 343 g/mol. The second kappa shape index (κ2) is 7.13. The standard InChI is InChI=1S/C18H21N3O2S/c1-11(2)16(22)19-13-7-5-6-12(10-13)17(23)21-18-20-14-8-3-4-9-15(14)24-18/h5-7,10-11H,3-4,8-9H2,1-2H3,(H,19,22)(H,20,21,23). The number of amides is 2. The molecule has 1 aliphatic rings. The topological polar surface area (TPSA) is 71.1 Å². The molecule has 1 aliphatic carbocycles. The number of hydrogen-bond donors (Lipinski definition) is 2. The number of nitrogens with zero attached hydrogens (tertiary/aromatic N) is 1. The Labute approximate surface area is 145 Å². The maximum Gasteiger partial charge on any atom is 0.257 e. The van der Waals surface area contributed by atoms with Gasteiger partial charge in [0, 0.05) is 22.0 Å². The molecular formula is C18H21N3O2S. The molecule has 0 radical (unpaired) electrons. The molecule has 2 amide bonds. The van der Waals surface area contributed by atoms with Crippen molar-refractivity contribution >= 4 is 34.0 Å². The average molecular weight is 343 g/mol. The number of rotatable bonds is 4. The van der Waals surface area contributed by atoms with Gasteiger partial charge in [-0.15, -0.1) is 11.3 Å². The highest BCUT2D eigenvalue weighted by Crippen LogP contribution is 2.29. The Morgan fingerprint density at radius 3 is 2.71 bits per heavy atom. The second-order valence-corrected chi connectivity index (χ2v) is 7.36. The summed E-state index contributed by atoms with van der Waals surface area (Å²) in [7, 11) is 0. The van der Waals surface area contributed by atoms with Crippen LogP contribution in [-0.2, 0) is 17.6 Å². The van der Waals surface area contributed by atoms with Crippen molar-refractivity contribution < 1.29 is 9.59 Å². The van der Waals surface area contributed by atoms with Crippen LogP contribution in [-0.4, -0.2) is 16.8 Å². The van der Waals surface area contributed by atoms with Gasteiger partial charge in [-0.3, -0.25) is 14.9 Å². The van der Waals surface area contributed by atoms with E-state index in [0.29, 0.717) is 16.4 Å². The molecule has 2 N–H and O–H groups in total. The van der Waals surface area contributed by atoms with E-state index in [4.69, 9.17) is 0 Å². The highest BCUT2D eigenvalue weighted by atomic mass is 32.1. The molecule has 0 saturated carbocycles. The van der Waals surface area contributed by atoms with Gasteiger partial charge in [0.05, 0.1) is 5.69 Å². The van der Waals surface area contributed by atoms with E-state index in [1.165, 1.54) is 17.7 Å². The fourth-order valence-corrected chi connectivity index (χ4v) is 3.64. The zero-order chi connectivity index (χ0) is 17.1. The number of nitrogens with one attached hydrogen (secondary N) is 2. The highest BCUT2D eigenvalue weighted by Gasteiger charge is 2.17. The molecule has 0 unspecified atom stereocenters. The third kappa shape index (κ3) is 3.82. The number of thiazole rings is 1. The zero-order valence-corrected chi connectivity index (χ0v) is 14.7. The minimum atomic E-state index is -0.207. The second-order valence-electron chi connectivity index (χ2n) is 6.27. The zero-order valence-electron chi connectivity index (χ0n) is 13.9. The molecule has 1 aromatic carbocycles. The van der Waals surface area contributed by atoms with Gasteiger partial charge in [0.15, 0.2) is 5.13 Å². The summed E-state index contributed by atoms with van der Waals surface area (Å²) in [5.41, 5.74) is 2.25. The van der Waals surface area contributed by atoms with Crippen LogP contribution in [0.2, 0.25) is 0 Å². The van der Waals surface area contributed by atoms with E-state index in [1.807, 2.05) is 13.8 Å². The Bertz CT molecular complexity index is 744. The Balaban J connectivity index is 1.70. The van der Waals surface area contributed by atoms with Crippen molar-refractivity contribution in [3.63, 3.8) is 0 Å². The van der Waals surface area contributed by atoms with Crippen LogP contribution >= 0.6 is 11.3 Å². The predicted octanol–water partition coefficient (Wildman–Crippen LogP) is 3.87. The van der Waals surface area contributed by atoms with Gasteiger partial charge < -0.3 is 5.32 Å². The van der Waals surface area contributed by atoms with Crippen LogP contribution in [0.5, 0.6) is 0 Å². The third-order valence-corrected chi connectivity index (χ3v) is 5.06. The first-order chi connectivity index (χ1) is 11.5. The van der Waals surface area contributed by atoms with Crippen molar-refractivity contribution in [3.05, 3.63) is 40.4 Å². The quantitative estimate of drug-likeness (QED) is 0.885. The first-order valence-corrected chi connectivity index (χ1v) is 9.05. The van der Waals surface area contributed by atoms with Crippen LogP contribution < -0.4 is 10.6 Å². The lowest BCUT2D eigenvalue weighted by Crippen LogP contribution is -2.18. The van der Waals surface area contributed by atoms with Gasteiger partial charge in [0.1, 0.15) is 0 Å². The summed E-state index contributed by atoms with van der Waals surface area (Å²) in [6.07, 6.45) is 4.42. The number of aromatic nitrogens is 1. The summed E-state index contributed by atoms with van der Waals surface area (Å²) >= 11 is 1.56. The first kappa shape index (κ1) is 16.6. The minimum absolute atomic E-state index is 0.0693. The summed E-state index contributed by atoms with van der Waals surface area (Å²) in [5.74, 6) is -0.383. The molecule has 0 aliphatic heterocycles. The van der Waals surface area contributed by atoms with Gasteiger partial charge in [-0.1, -0.05) is 19.9 Å². The lowest BCUT2D eigenvalue weighted by molar-refractivity contribution is -0.118. The first-order valence-electron chi connectivity index (χ1n) is 8.24. The smallest absolute Gasteiger partial charge is 0.257 e. The van der Waals surface area contributed by atoms with Gasteiger partial charge in [-0.25, -0.2) is 4.98 Å². The molecule has 2 aromatic rings. The van der Waals surface area contributed by atoms with Crippen molar-refractivity contribution in [2.24, 2.45) is 5.92 Å². The minimum Gasteiger partial charge on any atom is -0.326 e. The number of carbonyl (C=O) groups is 2. The predicted molar refractivity (Wildman–Crippen MR) is 96.6 cm³/mol. The maximum absolute atomic E-state index is 12.4. The molecule has 0 spiro atoms. The Morgan fingerprint density at radius 2 is 1.96 bits per heavy atom. The van der Waals surface area contributed by atoms with Crippen molar-refractivity contribution in [3.8, 4) is 0 Å². The SMILES string of the molecule is CC(C)C(=O)Nc1cccc(C(=O)Nc2nc3c(s2)CCCC3)c1. The fourth-order valence-electron chi connectivity index (χ4n) is 2.60. The van der Waals surface area contributed by atoms with Crippen molar-refractivity contribution in [1.82, 2.24) is 4.98 Å². The number of anilines is 2. The molecule has 5 nitrogen and oxygen atoms in total. The van der Waals surface area contributed by atoms with Crippen LogP contribution in [0.3, 0.4) is 0 Å². The van der Waals surface area contributed by atoms with Gasteiger partial charge >= 0.3 is 0 Å². The van der Waals surface area contributed by atoms with Crippen LogP contribution in [0.1, 0.15) is 47.6 Å². The van der Waals surface area contributed by atoms with Crippen LogP contribution in [0.25, 0.3) is 0 Å². The van der Waals surface area contributed by atoms with Crippen LogP contribution in [0, 0.1) is 5.92 Å². The summed E-state index contributed by atoms with van der Waals surface area (Å²) in [4.78, 5) is 30.0. The van der Waals surface area contributed by atoms with E-state index >= 15 is 0 Å². The molecule has 0 saturated heterocycles. The highest BCUT2D eigenvalue weighted by molar-refractivity contribution is 7.15. The van der Waals surface area contributed by atoms with E-state index < -0.39 is 0 Å². The molecule has 0 atom stereocenters. The molecule has 1 aromatic heterocycles. The summed E-state index contributed by atoms with van der Waals surface area (Å²) in [6, 6.07) is 6.95. The number of hydrogen-bond acceptors (Lipinski definition) is 4. The van der Waals surface area contributed by atoms with Crippen molar-refractivity contribution in [1.29, 1.82) is 0 Å². The van der Waals surface area contributed by atoms with Gasteiger partial charge in [-0.05, 0) is 43.9 Å². The van der Waals surface area contributed by atoms with Gasteiger partial charge in [0.2, 0.25) is 5.91 Å². The van der Waals surface area contributed by atoms with Crippen molar-refractivity contribution in [2.75, 3.05) is 10.6 Å². The third-order valence-electron chi connectivity index (χ3n) is 3.98. The molecule has 0 fully saturated rings. The number of benzene rings is 1. The number of carbonyl (C=O) groups excluding carboxylic acids is 2. The normalized spacial score (nSPS) is 13.5. The molecule has 3 rings (SSSR count). The summed E-state index contributed by atoms with van der Waals surface area (Å²) in [6.45, 7) is 3.66. The Hall–Kier alpha value is -2.21. The van der Waals surface area contributed by atoms with Gasteiger partial charge in [-0.2, -0.15) is 0 Å². The van der Waals surface area contributed by atoms with Gasteiger partial charge in [0.25, 0.3) is 5.91 Å². The maximum atomic E-state index is 12.4. The molecule has 0 bridgehead atoms. The number of fused-ring (bicyclic) bond motifs is 1. The van der Waals surface area contributed by atoms with E-state index in [2.05, 4.69) is 15.6 Å². The van der Waals surface area contributed by atoms with E-state index in [-0.39, 0.29) is 17.7 Å². The molecule has 1 heterocycles. The molecule has 24 heavy (non-hydrogen) atoms. The lowest BCUT2D eigenvalue weighted by atomic mass is 10.0. The molecule has 6 heteroatoms. The van der Waals surface area contributed by atoms with E-state index in [0.717, 1.165) is 18.5 Å². The van der Waals surface area contributed by atoms with Crippen LogP contribution in [0.15, 0.2) is 24.3 Å². The molecular weight excluding hydrogens is 322 g/mol. The fraction of sp³-hybridized carbons (Fsp3) is 0.389. The molecule has 126 valence electrons.